The van der Waals surface area contributed by atoms with Crippen molar-refractivity contribution in [3.05, 3.63) is 82.3 Å². The van der Waals surface area contributed by atoms with Gasteiger partial charge in [0.2, 0.25) is 0 Å². The van der Waals surface area contributed by atoms with Crippen LogP contribution in [0, 0.1) is 0 Å². The van der Waals surface area contributed by atoms with Crippen molar-refractivity contribution < 1.29 is 14.6 Å². The molecule has 0 saturated carbocycles. The lowest BCUT2D eigenvalue weighted by atomic mass is 10.2. The van der Waals surface area contributed by atoms with Gasteiger partial charge >= 0.3 is 5.97 Å². The predicted octanol–water partition coefficient (Wildman–Crippen LogP) is 2.71. The first-order valence-corrected chi connectivity index (χ1v) is 7.23. The minimum atomic E-state index is -1.31. The second-order valence-corrected chi connectivity index (χ2v) is 5.08. The molecule has 0 aliphatic carbocycles. The zero-order valence-electron chi connectivity index (χ0n) is 12.6. The van der Waals surface area contributed by atoms with Crippen molar-refractivity contribution in [2.45, 2.75) is 6.61 Å². The maximum atomic E-state index is 11.7. The number of H-pyrrole nitrogens is 1. The van der Waals surface area contributed by atoms with Gasteiger partial charge in [0.1, 0.15) is 23.7 Å². The Morgan fingerprint density at radius 2 is 1.92 bits per heavy atom. The van der Waals surface area contributed by atoms with Crippen molar-refractivity contribution >= 4 is 5.97 Å². The molecule has 2 N–H and O–H groups in total. The highest BCUT2D eigenvalue weighted by Gasteiger charge is 2.11. The third-order valence-corrected chi connectivity index (χ3v) is 3.39. The van der Waals surface area contributed by atoms with Crippen molar-refractivity contribution in [1.29, 1.82) is 0 Å². The Kier molecular flexibility index (Phi) is 4.38. The van der Waals surface area contributed by atoms with Gasteiger partial charge in [0.15, 0.2) is 0 Å². The SMILES string of the molecule is O=C(O)c1cnc(-c2cccc(OCc3ccccc3)c2)[nH]c1=O. The molecule has 0 saturated heterocycles. The van der Waals surface area contributed by atoms with Crippen LogP contribution in [0.2, 0.25) is 0 Å². The molecule has 6 nitrogen and oxygen atoms in total. The van der Waals surface area contributed by atoms with Gasteiger partial charge in [0.25, 0.3) is 5.56 Å². The lowest BCUT2D eigenvalue weighted by Crippen LogP contribution is -2.18. The van der Waals surface area contributed by atoms with Crippen LogP contribution in [-0.2, 0) is 6.61 Å². The van der Waals surface area contributed by atoms with Crippen LogP contribution in [0.5, 0.6) is 5.75 Å². The fraction of sp³-hybridized carbons (Fsp3) is 0.0556. The topological polar surface area (TPSA) is 92.3 Å². The summed E-state index contributed by atoms with van der Waals surface area (Å²) in [5.41, 5.74) is 0.591. The number of rotatable bonds is 5. The number of benzene rings is 2. The number of aromatic carboxylic acids is 1. The molecule has 0 amide bonds. The number of ether oxygens (including phenoxy) is 1. The summed E-state index contributed by atoms with van der Waals surface area (Å²) in [6, 6.07) is 16.8. The number of aromatic nitrogens is 2. The smallest absolute Gasteiger partial charge is 0.342 e. The van der Waals surface area contributed by atoms with Crippen LogP contribution >= 0.6 is 0 Å². The maximum Gasteiger partial charge on any atom is 0.342 e. The van der Waals surface area contributed by atoms with E-state index in [2.05, 4.69) is 9.97 Å². The standard InChI is InChI=1S/C18H14N2O4/c21-17-15(18(22)23)10-19-16(20-17)13-7-4-8-14(9-13)24-11-12-5-2-1-3-6-12/h1-10H,11H2,(H,22,23)(H,19,20,21). The number of carbonyl (C=O) groups is 1. The molecule has 3 rings (SSSR count). The summed E-state index contributed by atoms with van der Waals surface area (Å²) in [6.45, 7) is 0.423. The molecule has 0 aliphatic rings. The van der Waals surface area contributed by atoms with Crippen molar-refractivity contribution in [3.63, 3.8) is 0 Å². The van der Waals surface area contributed by atoms with Crippen LogP contribution in [0.25, 0.3) is 11.4 Å². The Labute approximate surface area is 137 Å². The molecule has 0 spiro atoms. The molecule has 0 aliphatic heterocycles. The number of carboxylic acids is 1. The lowest BCUT2D eigenvalue weighted by molar-refractivity contribution is 0.0694. The Morgan fingerprint density at radius 3 is 2.62 bits per heavy atom. The minimum Gasteiger partial charge on any atom is -0.489 e. The molecule has 120 valence electrons. The second kappa shape index (κ2) is 6.78. The van der Waals surface area contributed by atoms with Crippen molar-refractivity contribution in [2.75, 3.05) is 0 Å². The monoisotopic (exact) mass is 322 g/mol. The first-order chi connectivity index (χ1) is 11.6. The number of hydrogen-bond donors (Lipinski definition) is 2. The van der Waals surface area contributed by atoms with Gasteiger partial charge in [0, 0.05) is 11.8 Å². The van der Waals surface area contributed by atoms with Gasteiger partial charge in [-0.05, 0) is 17.7 Å². The molecule has 0 radical (unpaired) electrons. The van der Waals surface area contributed by atoms with E-state index in [4.69, 9.17) is 9.84 Å². The molecule has 24 heavy (non-hydrogen) atoms. The molecule has 0 unspecified atom stereocenters. The molecule has 6 heteroatoms. The van der Waals surface area contributed by atoms with E-state index in [-0.39, 0.29) is 5.82 Å². The van der Waals surface area contributed by atoms with Crippen molar-refractivity contribution in [1.82, 2.24) is 9.97 Å². The quantitative estimate of drug-likeness (QED) is 0.753. The van der Waals surface area contributed by atoms with E-state index < -0.39 is 17.1 Å². The summed E-state index contributed by atoms with van der Waals surface area (Å²) < 4.78 is 5.73. The molecule has 0 bridgehead atoms. The summed E-state index contributed by atoms with van der Waals surface area (Å²) in [6.07, 6.45) is 1.05. The maximum absolute atomic E-state index is 11.7. The van der Waals surface area contributed by atoms with Gasteiger partial charge in [-0.25, -0.2) is 9.78 Å². The van der Waals surface area contributed by atoms with E-state index in [0.29, 0.717) is 17.9 Å². The van der Waals surface area contributed by atoms with Gasteiger partial charge in [-0.3, -0.25) is 4.79 Å². The van der Waals surface area contributed by atoms with E-state index in [9.17, 15) is 9.59 Å². The molecule has 2 aromatic carbocycles. The zero-order chi connectivity index (χ0) is 16.9. The summed E-state index contributed by atoms with van der Waals surface area (Å²) >= 11 is 0. The molecular formula is C18H14N2O4. The molecular weight excluding hydrogens is 308 g/mol. The second-order valence-electron chi connectivity index (χ2n) is 5.08. The third-order valence-electron chi connectivity index (χ3n) is 3.39. The molecule has 0 fully saturated rings. The molecule has 1 heterocycles. The van der Waals surface area contributed by atoms with Gasteiger partial charge < -0.3 is 14.8 Å². The fourth-order valence-corrected chi connectivity index (χ4v) is 2.17. The zero-order valence-corrected chi connectivity index (χ0v) is 12.6. The number of nitrogens with zero attached hydrogens (tertiary/aromatic N) is 1. The van der Waals surface area contributed by atoms with Crippen LogP contribution in [0.4, 0.5) is 0 Å². The normalized spacial score (nSPS) is 10.3. The highest BCUT2D eigenvalue weighted by molar-refractivity contribution is 5.86. The average Bonchev–Trinajstić information content (AvgIpc) is 2.61. The Balaban J connectivity index is 1.81. The van der Waals surface area contributed by atoms with Crippen LogP contribution in [0.15, 0.2) is 65.6 Å². The molecule has 0 atom stereocenters. The highest BCUT2D eigenvalue weighted by atomic mass is 16.5. The van der Waals surface area contributed by atoms with Gasteiger partial charge in [-0.2, -0.15) is 0 Å². The summed E-state index contributed by atoms with van der Waals surface area (Å²) in [4.78, 5) is 29.1. The summed E-state index contributed by atoms with van der Waals surface area (Å²) in [7, 11) is 0. The van der Waals surface area contributed by atoms with Crippen LogP contribution in [0.3, 0.4) is 0 Å². The molecule has 3 aromatic rings. The van der Waals surface area contributed by atoms with Crippen LogP contribution in [-0.4, -0.2) is 21.0 Å². The van der Waals surface area contributed by atoms with Crippen LogP contribution < -0.4 is 10.3 Å². The van der Waals surface area contributed by atoms with Crippen LogP contribution in [0.1, 0.15) is 15.9 Å². The number of aromatic amines is 1. The van der Waals surface area contributed by atoms with Gasteiger partial charge in [-0.15, -0.1) is 0 Å². The van der Waals surface area contributed by atoms with E-state index in [1.807, 2.05) is 30.3 Å². The van der Waals surface area contributed by atoms with E-state index in [1.165, 1.54) is 0 Å². The summed E-state index contributed by atoms with van der Waals surface area (Å²) in [5.74, 6) is -0.397. The Hall–Kier alpha value is -3.41. The van der Waals surface area contributed by atoms with E-state index in [0.717, 1.165) is 11.8 Å². The lowest BCUT2D eigenvalue weighted by Gasteiger charge is -2.08. The third kappa shape index (κ3) is 3.49. The predicted molar refractivity (Wildman–Crippen MR) is 88.0 cm³/mol. The van der Waals surface area contributed by atoms with Crippen molar-refractivity contribution in [2.24, 2.45) is 0 Å². The fourth-order valence-electron chi connectivity index (χ4n) is 2.17. The van der Waals surface area contributed by atoms with E-state index in [1.54, 1.807) is 24.3 Å². The van der Waals surface area contributed by atoms with Crippen molar-refractivity contribution in [3.8, 4) is 17.1 Å². The Bertz CT molecular complexity index is 920. The first-order valence-electron chi connectivity index (χ1n) is 7.23. The average molecular weight is 322 g/mol. The number of carboxylic acid groups (broad SMARTS) is 1. The number of nitrogens with one attached hydrogen (secondary N) is 1. The first kappa shape index (κ1) is 15.5. The van der Waals surface area contributed by atoms with Gasteiger partial charge in [0.05, 0.1) is 0 Å². The minimum absolute atomic E-state index is 0.287. The van der Waals surface area contributed by atoms with Gasteiger partial charge in [-0.1, -0.05) is 42.5 Å². The highest BCUT2D eigenvalue weighted by Crippen LogP contribution is 2.21. The Morgan fingerprint density at radius 1 is 1.12 bits per heavy atom. The largest absolute Gasteiger partial charge is 0.489 e. The van der Waals surface area contributed by atoms with E-state index >= 15 is 0 Å². The summed E-state index contributed by atoms with van der Waals surface area (Å²) in [5, 5.41) is 8.87. The molecule has 1 aromatic heterocycles. The number of hydrogen-bond acceptors (Lipinski definition) is 4.